The fraction of sp³-hybridized carbons (Fsp3) is 0.429. The molecule has 0 atom stereocenters. The number of anilines is 1. The Balaban J connectivity index is 2.17. The van der Waals surface area contributed by atoms with Crippen LogP contribution in [0.3, 0.4) is 0 Å². The lowest BCUT2D eigenvalue weighted by Crippen LogP contribution is -2.33. The summed E-state index contributed by atoms with van der Waals surface area (Å²) in [5.74, 6) is -0.549. The Morgan fingerprint density at radius 2 is 1.30 bits per heavy atom. The zero-order chi connectivity index (χ0) is 24.7. The van der Waals surface area contributed by atoms with Gasteiger partial charge in [0.2, 0.25) is 10.0 Å². The van der Waals surface area contributed by atoms with Crippen LogP contribution in [0.5, 0.6) is 5.75 Å². The molecule has 12 heteroatoms. The third kappa shape index (κ3) is 7.90. The fourth-order valence-electron chi connectivity index (χ4n) is 2.90. The first kappa shape index (κ1) is 26.9. The molecule has 33 heavy (non-hydrogen) atoms. The van der Waals surface area contributed by atoms with Crippen molar-refractivity contribution in [2.45, 2.75) is 55.7 Å². The molecule has 2 aromatic rings. The summed E-state index contributed by atoms with van der Waals surface area (Å²) in [6, 6.07) is 9.00. The average Bonchev–Trinajstić information content (AvgIpc) is 2.73. The van der Waals surface area contributed by atoms with Gasteiger partial charge in [0.25, 0.3) is 10.0 Å². The Morgan fingerprint density at radius 3 is 1.76 bits per heavy atom. The molecule has 2 aromatic carbocycles. The van der Waals surface area contributed by atoms with E-state index in [1.807, 2.05) is 13.8 Å². The molecule has 0 aliphatic heterocycles. The molecule has 0 unspecified atom stereocenters. The van der Waals surface area contributed by atoms with Crippen molar-refractivity contribution in [2.75, 3.05) is 17.8 Å². The fourth-order valence-corrected chi connectivity index (χ4v) is 5.48. The van der Waals surface area contributed by atoms with Crippen LogP contribution in [-0.2, 0) is 20.0 Å². The predicted octanol–water partition coefficient (Wildman–Crippen LogP) is 4.98. The van der Waals surface area contributed by atoms with E-state index in [1.54, 1.807) is 0 Å². The quantitative estimate of drug-likeness (QED) is 0.437. The Labute approximate surface area is 192 Å². The molecular weight excluding hydrogens is 481 g/mol. The van der Waals surface area contributed by atoms with E-state index in [4.69, 9.17) is 0 Å². The van der Waals surface area contributed by atoms with Crippen molar-refractivity contribution < 1.29 is 34.7 Å². The van der Waals surface area contributed by atoms with Gasteiger partial charge in [0.1, 0.15) is 5.75 Å². The average molecular weight is 509 g/mol. The van der Waals surface area contributed by atoms with E-state index in [2.05, 4.69) is 9.46 Å². The number of benzene rings is 2. The van der Waals surface area contributed by atoms with Crippen LogP contribution in [0.25, 0.3) is 0 Å². The molecule has 0 saturated heterocycles. The largest absolute Gasteiger partial charge is 0.573 e. The number of ether oxygens (including phenoxy) is 1. The number of alkyl halides is 3. The minimum atomic E-state index is -4.89. The summed E-state index contributed by atoms with van der Waals surface area (Å²) in [5.41, 5.74) is 0.109. The Hall–Kier alpha value is -2.31. The number of sulfonamides is 2. The molecule has 184 valence electrons. The van der Waals surface area contributed by atoms with E-state index in [-0.39, 0.29) is 15.5 Å². The molecule has 0 aliphatic rings. The molecular formula is C21H27F3N2O5S2. The highest BCUT2D eigenvalue weighted by Gasteiger charge is 2.31. The van der Waals surface area contributed by atoms with Crippen LogP contribution in [0.15, 0.2) is 58.3 Å². The minimum Gasteiger partial charge on any atom is -0.406 e. The lowest BCUT2D eigenvalue weighted by atomic mass is 10.3. The molecule has 0 spiro atoms. The molecule has 0 aromatic heterocycles. The van der Waals surface area contributed by atoms with Crippen LogP contribution < -0.4 is 9.46 Å². The first-order valence-electron chi connectivity index (χ1n) is 10.4. The second kappa shape index (κ2) is 11.2. The lowest BCUT2D eigenvalue weighted by molar-refractivity contribution is -0.274. The molecule has 0 heterocycles. The SMILES string of the molecule is CCCCN(CCCC)S(=O)(=O)c1ccc(NS(=O)(=O)c2ccc(OC(F)(F)F)cc2)cc1. The maximum atomic E-state index is 13.0. The van der Waals surface area contributed by atoms with Crippen molar-refractivity contribution in [3.8, 4) is 5.75 Å². The Kier molecular flexibility index (Phi) is 9.15. The Morgan fingerprint density at radius 1 is 0.818 bits per heavy atom. The van der Waals surface area contributed by atoms with Gasteiger partial charge in [-0.1, -0.05) is 26.7 Å². The first-order chi connectivity index (χ1) is 15.4. The number of hydrogen-bond acceptors (Lipinski definition) is 5. The summed E-state index contributed by atoms with van der Waals surface area (Å²) in [5, 5.41) is 0. The van der Waals surface area contributed by atoms with Gasteiger partial charge in [-0.2, -0.15) is 4.31 Å². The summed E-state index contributed by atoms with van der Waals surface area (Å²) in [6.07, 6.45) is -1.73. The maximum absolute atomic E-state index is 13.0. The minimum absolute atomic E-state index is 0.0475. The predicted molar refractivity (Wildman–Crippen MR) is 119 cm³/mol. The van der Waals surface area contributed by atoms with Gasteiger partial charge < -0.3 is 4.74 Å². The standard InChI is InChI=1S/C21H27F3N2O5S2/c1-3-5-15-26(16-6-4-2)33(29,30)20-11-7-17(8-12-20)25-32(27,28)19-13-9-18(10-14-19)31-21(22,23)24/h7-14,25H,3-6,15-16H2,1-2H3. The number of hydrogen-bond donors (Lipinski definition) is 1. The van der Waals surface area contributed by atoms with Gasteiger partial charge in [-0.25, -0.2) is 16.8 Å². The van der Waals surface area contributed by atoms with Gasteiger partial charge in [0.15, 0.2) is 0 Å². The van der Waals surface area contributed by atoms with Crippen molar-refractivity contribution >= 4 is 25.7 Å². The van der Waals surface area contributed by atoms with Crippen LogP contribution >= 0.6 is 0 Å². The van der Waals surface area contributed by atoms with Crippen LogP contribution in [0.1, 0.15) is 39.5 Å². The normalized spacial score (nSPS) is 12.7. The van der Waals surface area contributed by atoms with Gasteiger partial charge in [0.05, 0.1) is 9.79 Å². The van der Waals surface area contributed by atoms with E-state index >= 15 is 0 Å². The third-order valence-electron chi connectivity index (χ3n) is 4.63. The summed E-state index contributed by atoms with van der Waals surface area (Å²) in [6.45, 7) is 4.76. The molecule has 0 saturated carbocycles. The highest BCUT2D eigenvalue weighted by atomic mass is 32.2. The summed E-state index contributed by atoms with van der Waals surface area (Å²) in [7, 11) is -7.84. The van der Waals surface area contributed by atoms with Crippen molar-refractivity contribution in [1.82, 2.24) is 4.31 Å². The topological polar surface area (TPSA) is 92.8 Å². The van der Waals surface area contributed by atoms with E-state index < -0.39 is 32.2 Å². The van der Waals surface area contributed by atoms with Gasteiger partial charge >= 0.3 is 6.36 Å². The molecule has 0 radical (unpaired) electrons. The van der Waals surface area contributed by atoms with E-state index in [1.165, 1.54) is 28.6 Å². The highest BCUT2D eigenvalue weighted by Crippen LogP contribution is 2.25. The summed E-state index contributed by atoms with van der Waals surface area (Å²) < 4.78 is 95.2. The van der Waals surface area contributed by atoms with Gasteiger partial charge in [-0.15, -0.1) is 13.2 Å². The number of rotatable bonds is 12. The second-order valence-corrected chi connectivity index (χ2v) is 10.9. The van der Waals surface area contributed by atoms with Gasteiger partial charge in [0, 0.05) is 18.8 Å². The lowest BCUT2D eigenvalue weighted by Gasteiger charge is -2.22. The summed E-state index contributed by atoms with van der Waals surface area (Å²) >= 11 is 0. The molecule has 7 nitrogen and oxygen atoms in total. The smallest absolute Gasteiger partial charge is 0.406 e. The zero-order valence-corrected chi connectivity index (χ0v) is 19.9. The molecule has 0 bridgehead atoms. The number of halogens is 3. The third-order valence-corrected chi connectivity index (χ3v) is 7.94. The van der Waals surface area contributed by atoms with Crippen LogP contribution in [-0.4, -0.2) is 40.6 Å². The molecule has 2 rings (SSSR count). The molecule has 0 amide bonds. The summed E-state index contributed by atoms with van der Waals surface area (Å²) in [4.78, 5) is -0.231. The molecule has 1 N–H and O–H groups in total. The van der Waals surface area contributed by atoms with Crippen molar-refractivity contribution in [3.63, 3.8) is 0 Å². The second-order valence-electron chi connectivity index (χ2n) is 7.26. The monoisotopic (exact) mass is 508 g/mol. The Bertz CT molecular complexity index is 1090. The van der Waals surface area contributed by atoms with E-state index in [0.717, 1.165) is 49.9 Å². The van der Waals surface area contributed by atoms with Crippen LogP contribution in [0.2, 0.25) is 0 Å². The maximum Gasteiger partial charge on any atom is 0.573 e. The van der Waals surface area contributed by atoms with Crippen molar-refractivity contribution in [2.24, 2.45) is 0 Å². The number of nitrogens with zero attached hydrogens (tertiary/aromatic N) is 1. The van der Waals surface area contributed by atoms with Crippen LogP contribution in [0, 0.1) is 0 Å². The molecule has 0 aliphatic carbocycles. The van der Waals surface area contributed by atoms with E-state index in [0.29, 0.717) is 13.1 Å². The zero-order valence-electron chi connectivity index (χ0n) is 18.3. The van der Waals surface area contributed by atoms with Crippen molar-refractivity contribution in [1.29, 1.82) is 0 Å². The highest BCUT2D eigenvalue weighted by molar-refractivity contribution is 7.92. The van der Waals surface area contributed by atoms with E-state index in [9.17, 15) is 30.0 Å². The number of unbranched alkanes of at least 4 members (excludes halogenated alkanes) is 2. The molecule has 0 fully saturated rings. The van der Waals surface area contributed by atoms with Crippen molar-refractivity contribution in [3.05, 3.63) is 48.5 Å². The first-order valence-corrected chi connectivity index (χ1v) is 13.3. The van der Waals surface area contributed by atoms with Gasteiger partial charge in [-0.05, 0) is 61.4 Å². The number of nitrogens with one attached hydrogen (secondary N) is 1. The van der Waals surface area contributed by atoms with Crippen LogP contribution in [0.4, 0.5) is 18.9 Å². The van der Waals surface area contributed by atoms with Gasteiger partial charge in [-0.3, -0.25) is 4.72 Å².